The fourth-order valence-corrected chi connectivity index (χ4v) is 5.85. The van der Waals surface area contributed by atoms with Crippen LogP contribution in [0.25, 0.3) is 0 Å². The number of hydrogen-bond donors (Lipinski definition) is 1. The lowest BCUT2D eigenvalue weighted by Crippen LogP contribution is -2.42. The van der Waals surface area contributed by atoms with Crippen molar-refractivity contribution in [2.75, 3.05) is 18.4 Å². The molecule has 0 bridgehead atoms. The Bertz CT molecular complexity index is 1220. The number of nitrogens with zero attached hydrogens (tertiary/aromatic N) is 2. The van der Waals surface area contributed by atoms with E-state index in [0.29, 0.717) is 13.1 Å². The number of sulfonamides is 1. The normalized spacial score (nSPS) is 19.5. The number of rotatable bonds is 7. The molecule has 1 aliphatic rings. The van der Waals surface area contributed by atoms with Crippen LogP contribution in [0.5, 0.6) is 0 Å². The highest BCUT2D eigenvalue weighted by Crippen LogP contribution is 2.28. The Morgan fingerprint density at radius 2 is 1.74 bits per heavy atom. The number of carbonyl (C=O) groups excluding carboxylic acids is 2. The number of amides is 1. The molecule has 1 N–H and O–H groups in total. The van der Waals surface area contributed by atoms with Crippen LogP contribution in [0.1, 0.15) is 37.6 Å². The van der Waals surface area contributed by atoms with E-state index in [0.717, 1.165) is 12.5 Å². The summed E-state index contributed by atoms with van der Waals surface area (Å²) in [5.41, 5.74) is -0.0272. The zero-order chi connectivity index (χ0) is 25.9. The summed E-state index contributed by atoms with van der Waals surface area (Å²) in [6.45, 7) is 6.28. The molecule has 10 nitrogen and oxygen atoms in total. The van der Waals surface area contributed by atoms with Gasteiger partial charge in [0, 0.05) is 25.2 Å². The molecule has 1 amide bonds. The fourth-order valence-electron chi connectivity index (χ4n) is 3.95. The molecule has 0 spiro atoms. The number of nitro benzene ring substituents is 1. The summed E-state index contributed by atoms with van der Waals surface area (Å²) in [6.07, 6.45) is -0.243. The molecule has 1 heterocycles. The predicted molar refractivity (Wildman–Crippen MR) is 130 cm³/mol. The van der Waals surface area contributed by atoms with Gasteiger partial charge in [-0.05, 0) is 55.5 Å². The Morgan fingerprint density at radius 3 is 2.29 bits per heavy atom. The van der Waals surface area contributed by atoms with Crippen molar-refractivity contribution >= 4 is 44.9 Å². The first kappa shape index (κ1) is 26.6. The molecular weight excluding hydrogens is 498 g/mol. The number of piperidine rings is 1. The van der Waals surface area contributed by atoms with Gasteiger partial charge in [0.15, 0.2) is 6.10 Å². The number of anilines is 1. The van der Waals surface area contributed by atoms with Crippen LogP contribution in [0.3, 0.4) is 0 Å². The summed E-state index contributed by atoms with van der Waals surface area (Å²) in [4.78, 5) is 35.1. The zero-order valence-electron chi connectivity index (χ0n) is 19.4. The molecule has 1 aliphatic heterocycles. The van der Waals surface area contributed by atoms with Crippen molar-refractivity contribution < 1.29 is 27.7 Å². The fraction of sp³-hybridized carbons (Fsp3) is 0.391. The van der Waals surface area contributed by atoms with Gasteiger partial charge >= 0.3 is 5.97 Å². The smallest absolute Gasteiger partial charge is 0.338 e. The highest BCUT2D eigenvalue weighted by molar-refractivity contribution is 7.89. The zero-order valence-corrected chi connectivity index (χ0v) is 21.0. The quantitative estimate of drug-likeness (QED) is 0.328. The van der Waals surface area contributed by atoms with E-state index in [4.69, 9.17) is 16.3 Å². The van der Waals surface area contributed by atoms with Gasteiger partial charge in [-0.15, -0.1) is 0 Å². The van der Waals surface area contributed by atoms with E-state index in [1.165, 1.54) is 47.6 Å². The minimum absolute atomic E-state index is 0.0413. The molecule has 0 aromatic heterocycles. The first-order valence-corrected chi connectivity index (χ1v) is 12.8. The predicted octanol–water partition coefficient (Wildman–Crippen LogP) is 4.10. The molecule has 0 radical (unpaired) electrons. The summed E-state index contributed by atoms with van der Waals surface area (Å²) in [5, 5.41) is 13.2. The number of ether oxygens (including phenoxy) is 1. The van der Waals surface area contributed by atoms with Crippen LogP contribution in [-0.4, -0.2) is 48.7 Å². The van der Waals surface area contributed by atoms with E-state index in [1.807, 2.05) is 13.8 Å². The van der Waals surface area contributed by atoms with Gasteiger partial charge in [-0.1, -0.05) is 25.4 Å². The highest BCUT2D eigenvalue weighted by Gasteiger charge is 2.32. The Hall–Kier alpha value is -3.02. The van der Waals surface area contributed by atoms with Crippen LogP contribution in [-0.2, 0) is 19.6 Å². The third-order valence-corrected chi connectivity index (χ3v) is 7.80. The summed E-state index contributed by atoms with van der Waals surface area (Å²) < 4.78 is 32.6. The first-order chi connectivity index (χ1) is 16.4. The molecule has 1 saturated heterocycles. The van der Waals surface area contributed by atoms with E-state index >= 15 is 0 Å². The lowest BCUT2D eigenvalue weighted by Gasteiger charge is -2.34. The van der Waals surface area contributed by atoms with Crippen LogP contribution in [0.4, 0.5) is 11.4 Å². The lowest BCUT2D eigenvalue weighted by molar-refractivity contribution is -0.384. The van der Waals surface area contributed by atoms with E-state index in [-0.39, 0.29) is 38.7 Å². The van der Waals surface area contributed by atoms with Crippen molar-refractivity contribution in [3.63, 3.8) is 0 Å². The number of halogens is 1. The number of esters is 1. The van der Waals surface area contributed by atoms with Crippen LogP contribution in [0.15, 0.2) is 47.4 Å². The summed E-state index contributed by atoms with van der Waals surface area (Å²) >= 11 is 5.97. The third kappa shape index (κ3) is 6.36. The maximum atomic E-state index is 13.0. The summed E-state index contributed by atoms with van der Waals surface area (Å²) in [6, 6.07) is 8.91. The molecule has 0 aliphatic carbocycles. The van der Waals surface area contributed by atoms with Gasteiger partial charge in [-0.2, -0.15) is 4.31 Å². The van der Waals surface area contributed by atoms with Gasteiger partial charge in [0.2, 0.25) is 10.0 Å². The molecule has 12 heteroatoms. The SMILES string of the molecule is C[C@@H]1C[C@H](C)CN(S(=O)(=O)c2ccc(C(=O)O[C@@H](C)C(=O)Nc3ccc([N+](=O)[O-])cc3Cl)cc2)C1. The third-order valence-electron chi connectivity index (χ3n) is 5.64. The second kappa shape index (κ2) is 10.7. The van der Waals surface area contributed by atoms with Crippen molar-refractivity contribution in [1.82, 2.24) is 4.31 Å². The monoisotopic (exact) mass is 523 g/mol. The van der Waals surface area contributed by atoms with E-state index in [9.17, 15) is 28.1 Å². The molecule has 0 saturated carbocycles. The van der Waals surface area contributed by atoms with Crippen molar-refractivity contribution in [1.29, 1.82) is 0 Å². The molecule has 2 aromatic carbocycles. The molecule has 0 unspecified atom stereocenters. The number of nitrogens with one attached hydrogen (secondary N) is 1. The van der Waals surface area contributed by atoms with E-state index in [2.05, 4.69) is 5.32 Å². The van der Waals surface area contributed by atoms with Crippen LogP contribution < -0.4 is 5.32 Å². The van der Waals surface area contributed by atoms with Crippen LogP contribution in [0, 0.1) is 22.0 Å². The van der Waals surface area contributed by atoms with E-state index in [1.54, 1.807) is 0 Å². The minimum Gasteiger partial charge on any atom is -0.449 e. The van der Waals surface area contributed by atoms with Crippen molar-refractivity contribution in [3.8, 4) is 0 Å². The standard InChI is InChI=1S/C23H26ClN3O7S/c1-14-10-15(2)13-26(12-14)35(32,33)19-7-4-17(5-8-19)23(29)34-16(3)22(28)25-21-9-6-18(27(30)31)11-20(21)24/h4-9,11,14-16H,10,12-13H2,1-3H3,(H,25,28)/t14-,15+,16-/m0/s1. The maximum absolute atomic E-state index is 13.0. The molecule has 3 rings (SSSR count). The van der Waals surface area contributed by atoms with Gasteiger partial charge in [-0.3, -0.25) is 14.9 Å². The topological polar surface area (TPSA) is 136 Å². The van der Waals surface area contributed by atoms with Gasteiger partial charge < -0.3 is 10.1 Å². The molecule has 1 fully saturated rings. The van der Waals surface area contributed by atoms with Gasteiger partial charge in [0.1, 0.15) is 0 Å². The van der Waals surface area contributed by atoms with Crippen molar-refractivity contribution in [2.45, 2.75) is 38.2 Å². The molecule has 35 heavy (non-hydrogen) atoms. The van der Waals surface area contributed by atoms with Crippen molar-refractivity contribution in [2.24, 2.45) is 11.8 Å². The first-order valence-electron chi connectivity index (χ1n) is 10.9. The molecule has 2 aromatic rings. The molecule has 3 atom stereocenters. The Morgan fingerprint density at radius 1 is 1.14 bits per heavy atom. The average Bonchev–Trinajstić information content (AvgIpc) is 2.79. The number of hydrogen-bond acceptors (Lipinski definition) is 7. The molecule has 188 valence electrons. The lowest BCUT2D eigenvalue weighted by atomic mass is 9.94. The highest BCUT2D eigenvalue weighted by atomic mass is 35.5. The maximum Gasteiger partial charge on any atom is 0.338 e. The van der Waals surface area contributed by atoms with Crippen LogP contribution >= 0.6 is 11.6 Å². The number of carbonyl (C=O) groups is 2. The van der Waals surface area contributed by atoms with Crippen molar-refractivity contribution in [3.05, 3.63) is 63.2 Å². The second-order valence-electron chi connectivity index (χ2n) is 8.75. The van der Waals surface area contributed by atoms with E-state index < -0.39 is 32.9 Å². The summed E-state index contributed by atoms with van der Waals surface area (Å²) in [5.74, 6) is -0.985. The molecular formula is C23H26ClN3O7S. The minimum atomic E-state index is -3.69. The Labute approximate surface area is 208 Å². The van der Waals surface area contributed by atoms with Gasteiger partial charge in [-0.25, -0.2) is 13.2 Å². The Balaban J connectivity index is 1.63. The number of benzene rings is 2. The largest absolute Gasteiger partial charge is 0.449 e. The van der Waals surface area contributed by atoms with Gasteiger partial charge in [0.05, 0.1) is 26.1 Å². The van der Waals surface area contributed by atoms with Crippen LogP contribution in [0.2, 0.25) is 5.02 Å². The second-order valence-corrected chi connectivity index (χ2v) is 11.1. The number of nitro groups is 1. The Kier molecular flexibility index (Phi) is 8.14. The van der Waals surface area contributed by atoms with Gasteiger partial charge in [0.25, 0.3) is 11.6 Å². The average molecular weight is 524 g/mol. The summed E-state index contributed by atoms with van der Waals surface area (Å²) in [7, 11) is -3.69. The number of non-ortho nitro benzene ring substituents is 1.